The maximum Gasteiger partial charge on any atom is 0.227 e. The summed E-state index contributed by atoms with van der Waals surface area (Å²) in [6.07, 6.45) is 3.04. The molecule has 132 valence electrons. The molecule has 26 heavy (non-hydrogen) atoms. The van der Waals surface area contributed by atoms with Crippen LogP contribution < -0.4 is 5.32 Å². The molecule has 1 aliphatic rings. The zero-order valence-corrected chi connectivity index (χ0v) is 16.2. The molecule has 3 heterocycles. The third-order valence-corrected chi connectivity index (χ3v) is 6.52. The van der Waals surface area contributed by atoms with Gasteiger partial charge in [0, 0.05) is 33.7 Å². The van der Waals surface area contributed by atoms with Crippen molar-refractivity contribution >= 4 is 55.0 Å². The first kappa shape index (κ1) is 17.1. The van der Waals surface area contributed by atoms with E-state index in [1.165, 1.54) is 9.60 Å². The summed E-state index contributed by atoms with van der Waals surface area (Å²) in [5.74, 6) is 0.716. The van der Waals surface area contributed by atoms with Gasteiger partial charge in [-0.1, -0.05) is 18.2 Å². The van der Waals surface area contributed by atoms with Crippen molar-refractivity contribution in [3.63, 3.8) is 0 Å². The smallest absolute Gasteiger partial charge is 0.227 e. The molecular weight excluding hydrogens is 414 g/mol. The minimum atomic E-state index is 0.0145. The number of carbonyl (C=O) groups excluding carboxylic acids is 1. The van der Waals surface area contributed by atoms with Crippen molar-refractivity contribution < 1.29 is 4.79 Å². The highest BCUT2D eigenvalue weighted by molar-refractivity contribution is 9.10. The Kier molecular flexibility index (Phi) is 4.69. The molecule has 6 nitrogen and oxygen atoms in total. The molecule has 0 spiro atoms. The van der Waals surface area contributed by atoms with E-state index >= 15 is 0 Å². The molecule has 0 atom stereocenters. The van der Waals surface area contributed by atoms with Gasteiger partial charge in [0.25, 0.3) is 0 Å². The van der Waals surface area contributed by atoms with Crippen molar-refractivity contribution in [3.8, 4) is 10.6 Å². The van der Waals surface area contributed by atoms with Gasteiger partial charge in [0.1, 0.15) is 5.84 Å². The molecule has 1 amide bonds. The number of carbonyl (C=O) groups is 1. The van der Waals surface area contributed by atoms with Crippen LogP contribution in [0, 0.1) is 5.41 Å². The Morgan fingerprint density at radius 1 is 1.35 bits per heavy atom. The number of nitrogens with one attached hydrogen (secondary N) is 2. The summed E-state index contributed by atoms with van der Waals surface area (Å²) >= 11 is 5.35. The van der Waals surface area contributed by atoms with Gasteiger partial charge in [-0.2, -0.15) is 0 Å². The number of aromatic nitrogens is 2. The van der Waals surface area contributed by atoms with E-state index in [-0.39, 0.29) is 18.3 Å². The lowest BCUT2D eigenvalue weighted by atomic mass is 10.2. The lowest BCUT2D eigenvalue weighted by Crippen LogP contribution is -2.36. The molecule has 2 N–H and O–H groups in total. The molecule has 4 rings (SSSR count). The molecule has 0 bridgehead atoms. The summed E-state index contributed by atoms with van der Waals surface area (Å²) in [5, 5.41) is 12.3. The van der Waals surface area contributed by atoms with Crippen LogP contribution in [0.3, 0.4) is 0 Å². The van der Waals surface area contributed by atoms with E-state index in [1.54, 1.807) is 17.5 Å². The Morgan fingerprint density at radius 3 is 2.96 bits per heavy atom. The third kappa shape index (κ3) is 3.22. The molecule has 3 aromatic rings. The lowest BCUT2D eigenvalue weighted by Gasteiger charge is -2.16. The number of anilines is 1. The summed E-state index contributed by atoms with van der Waals surface area (Å²) < 4.78 is 2.22. The number of halogens is 1. The number of amides is 1. The molecule has 0 unspecified atom stereocenters. The van der Waals surface area contributed by atoms with Gasteiger partial charge >= 0.3 is 0 Å². The highest BCUT2D eigenvalue weighted by Crippen LogP contribution is 2.41. The van der Waals surface area contributed by atoms with Crippen LogP contribution >= 0.6 is 27.3 Å². The largest absolute Gasteiger partial charge is 0.347 e. The van der Waals surface area contributed by atoms with Crippen molar-refractivity contribution in [2.24, 2.45) is 0 Å². The Bertz CT molecular complexity index is 1000. The van der Waals surface area contributed by atoms with Gasteiger partial charge in [0.15, 0.2) is 0 Å². The Labute approximate surface area is 162 Å². The van der Waals surface area contributed by atoms with E-state index in [4.69, 9.17) is 5.41 Å². The normalized spacial score (nSPS) is 14.2. The molecule has 8 heteroatoms. The lowest BCUT2D eigenvalue weighted by molar-refractivity contribution is -0.124. The Morgan fingerprint density at radius 2 is 2.19 bits per heavy atom. The first-order valence-corrected chi connectivity index (χ1v) is 9.86. The van der Waals surface area contributed by atoms with Crippen LogP contribution in [0.25, 0.3) is 20.7 Å². The molecule has 1 aromatic carbocycles. The number of likely N-dealkylation sites (tertiary alicyclic amines) is 1. The average Bonchev–Trinajstić information content (AvgIpc) is 3.24. The standard InChI is InChI=1S/C18H16BrN5OS/c19-16-11-4-1-2-5-13(11)26-17(16)12-7-8-21-18(23-12)22-10-14(20)24-9-3-6-15(24)25/h1-2,4-5,7-8,20H,3,6,9-10H2,(H,21,22,23). The quantitative estimate of drug-likeness (QED) is 0.482. The van der Waals surface area contributed by atoms with Crippen molar-refractivity contribution in [1.29, 1.82) is 5.41 Å². The maximum absolute atomic E-state index is 11.7. The predicted molar refractivity (Wildman–Crippen MR) is 108 cm³/mol. The number of hydrogen-bond donors (Lipinski definition) is 2. The van der Waals surface area contributed by atoms with Crippen molar-refractivity contribution in [1.82, 2.24) is 14.9 Å². The number of thiophene rings is 1. The van der Waals surface area contributed by atoms with E-state index in [0.717, 1.165) is 26.9 Å². The van der Waals surface area contributed by atoms with E-state index in [2.05, 4.69) is 43.3 Å². The molecule has 2 aromatic heterocycles. The van der Waals surface area contributed by atoms with Crippen molar-refractivity contribution in [2.45, 2.75) is 12.8 Å². The zero-order valence-electron chi connectivity index (χ0n) is 13.8. The fraction of sp³-hybridized carbons (Fsp3) is 0.222. The van der Waals surface area contributed by atoms with Crippen LogP contribution in [0.15, 0.2) is 41.0 Å². The van der Waals surface area contributed by atoms with E-state index in [0.29, 0.717) is 18.9 Å². The second-order valence-corrected chi connectivity index (χ2v) is 7.80. The summed E-state index contributed by atoms with van der Waals surface area (Å²) in [7, 11) is 0. The number of benzene rings is 1. The van der Waals surface area contributed by atoms with Gasteiger partial charge in [0.2, 0.25) is 11.9 Å². The van der Waals surface area contributed by atoms with Gasteiger partial charge < -0.3 is 5.32 Å². The number of hydrogen-bond acceptors (Lipinski definition) is 6. The molecule has 0 radical (unpaired) electrons. The SMILES string of the molecule is N=C(CNc1nccc(-c2sc3ccccc3c2Br)n1)N1CCCC1=O. The van der Waals surface area contributed by atoms with Crippen LogP contribution in [0.2, 0.25) is 0 Å². The molecule has 1 aliphatic heterocycles. The topological polar surface area (TPSA) is 82.0 Å². The van der Waals surface area contributed by atoms with Gasteiger partial charge in [-0.05, 0) is 34.5 Å². The maximum atomic E-state index is 11.7. The minimum Gasteiger partial charge on any atom is -0.347 e. The average molecular weight is 430 g/mol. The molecule has 0 aliphatic carbocycles. The number of rotatable bonds is 4. The van der Waals surface area contributed by atoms with E-state index in [9.17, 15) is 4.79 Å². The summed E-state index contributed by atoms with van der Waals surface area (Å²) in [4.78, 5) is 23.1. The first-order valence-electron chi connectivity index (χ1n) is 8.25. The Balaban J connectivity index is 1.54. The van der Waals surface area contributed by atoms with Crippen molar-refractivity contribution in [2.75, 3.05) is 18.4 Å². The second kappa shape index (κ2) is 7.13. The van der Waals surface area contributed by atoms with Crippen LogP contribution in [0.4, 0.5) is 5.95 Å². The fourth-order valence-electron chi connectivity index (χ4n) is 2.94. The number of nitrogens with zero attached hydrogens (tertiary/aromatic N) is 3. The highest BCUT2D eigenvalue weighted by atomic mass is 79.9. The van der Waals surface area contributed by atoms with Crippen LogP contribution in [0.5, 0.6) is 0 Å². The predicted octanol–water partition coefficient (Wildman–Crippen LogP) is 4.13. The highest BCUT2D eigenvalue weighted by Gasteiger charge is 2.23. The molecule has 1 saturated heterocycles. The molecule has 0 saturated carbocycles. The van der Waals surface area contributed by atoms with Crippen LogP contribution in [0.1, 0.15) is 12.8 Å². The fourth-order valence-corrected chi connectivity index (χ4v) is 4.93. The molecule has 1 fully saturated rings. The van der Waals surface area contributed by atoms with Crippen molar-refractivity contribution in [3.05, 3.63) is 41.0 Å². The third-order valence-electron chi connectivity index (χ3n) is 4.24. The van der Waals surface area contributed by atoms with E-state index < -0.39 is 0 Å². The van der Waals surface area contributed by atoms with Gasteiger partial charge in [0.05, 0.1) is 17.1 Å². The molecular formula is C18H16BrN5OS. The first-order chi connectivity index (χ1) is 12.6. The number of fused-ring (bicyclic) bond motifs is 1. The van der Waals surface area contributed by atoms with E-state index in [1.807, 2.05) is 18.2 Å². The minimum absolute atomic E-state index is 0.0145. The summed E-state index contributed by atoms with van der Waals surface area (Å²) in [6, 6.07) is 10.1. The van der Waals surface area contributed by atoms with Gasteiger partial charge in [-0.3, -0.25) is 15.1 Å². The summed E-state index contributed by atoms with van der Waals surface area (Å²) in [6.45, 7) is 0.845. The Hall–Kier alpha value is -2.32. The second-order valence-electron chi connectivity index (χ2n) is 5.96. The summed E-state index contributed by atoms with van der Waals surface area (Å²) in [5.41, 5.74) is 0.819. The van der Waals surface area contributed by atoms with Gasteiger partial charge in [-0.25, -0.2) is 9.97 Å². The van der Waals surface area contributed by atoms with Gasteiger partial charge in [-0.15, -0.1) is 11.3 Å². The van der Waals surface area contributed by atoms with Crippen LogP contribution in [-0.2, 0) is 4.79 Å². The van der Waals surface area contributed by atoms with Crippen LogP contribution in [-0.4, -0.2) is 39.7 Å². The zero-order chi connectivity index (χ0) is 18.1. The monoisotopic (exact) mass is 429 g/mol. The number of amidine groups is 1.